The van der Waals surface area contributed by atoms with Crippen molar-refractivity contribution in [3.8, 4) is 5.75 Å². The maximum absolute atomic E-state index is 6.21. The minimum Gasteiger partial charge on any atom is -0.493 e. The average Bonchev–Trinajstić information content (AvgIpc) is 2.85. The Hall–Kier alpha value is -0.510. The van der Waals surface area contributed by atoms with E-state index >= 15 is 0 Å². The molecule has 0 aromatic heterocycles. The van der Waals surface area contributed by atoms with Crippen LogP contribution in [-0.4, -0.2) is 6.61 Å². The molecular weight excluding hydrogens is 391 g/mol. The Kier molecular flexibility index (Phi) is 3.88. The van der Waals surface area contributed by atoms with Gasteiger partial charge in [-0.15, -0.1) is 0 Å². The van der Waals surface area contributed by atoms with Crippen LogP contribution in [0.15, 0.2) is 40.9 Å². The summed E-state index contributed by atoms with van der Waals surface area (Å²) in [6, 6.07) is 12.2. The molecule has 1 heterocycles. The molecule has 0 bridgehead atoms. The summed E-state index contributed by atoms with van der Waals surface area (Å²) in [5.41, 5.74) is 3.47. The molecule has 0 N–H and O–H groups in total. The van der Waals surface area contributed by atoms with Crippen molar-refractivity contribution < 1.29 is 4.74 Å². The fraction of sp³-hybridized carbons (Fsp3) is 0.200. The van der Waals surface area contributed by atoms with Crippen molar-refractivity contribution in [3.05, 3.63) is 62.6 Å². The zero-order chi connectivity index (χ0) is 13.4. The molecule has 1 aliphatic rings. The van der Waals surface area contributed by atoms with Gasteiger partial charge in [-0.1, -0.05) is 55.6 Å². The number of fused-ring (bicyclic) bond motifs is 1. The highest BCUT2D eigenvalue weighted by Crippen LogP contribution is 2.42. The Bertz CT molecular complexity index is 628. The first kappa shape index (κ1) is 13.5. The van der Waals surface area contributed by atoms with Gasteiger partial charge in [0.25, 0.3) is 0 Å². The van der Waals surface area contributed by atoms with Gasteiger partial charge in [0.1, 0.15) is 5.75 Å². The molecule has 1 unspecified atom stereocenters. The van der Waals surface area contributed by atoms with Crippen molar-refractivity contribution in [3.63, 3.8) is 0 Å². The molecule has 0 amide bonds. The molecule has 2 aromatic carbocycles. The summed E-state index contributed by atoms with van der Waals surface area (Å²) in [5, 5.41) is 0.763. The first-order valence-corrected chi connectivity index (χ1v) is 8.08. The monoisotopic (exact) mass is 400 g/mol. The van der Waals surface area contributed by atoms with E-state index < -0.39 is 0 Å². The minimum atomic E-state index is 0.0792. The third-order valence-electron chi connectivity index (χ3n) is 3.19. The molecule has 98 valence electrons. The summed E-state index contributed by atoms with van der Waals surface area (Å²) in [5.74, 6) is 0.978. The Morgan fingerprint density at radius 2 is 2.05 bits per heavy atom. The molecule has 2 aromatic rings. The number of hydrogen-bond acceptors (Lipinski definition) is 1. The molecule has 0 fully saturated rings. The second-order valence-electron chi connectivity index (χ2n) is 4.50. The topological polar surface area (TPSA) is 9.23 Å². The van der Waals surface area contributed by atoms with E-state index in [1.54, 1.807) is 0 Å². The molecule has 1 atom stereocenters. The average molecular weight is 403 g/mol. The Balaban J connectivity index is 2.07. The van der Waals surface area contributed by atoms with Gasteiger partial charge in [-0.3, -0.25) is 0 Å². The molecule has 0 radical (unpaired) electrons. The second kappa shape index (κ2) is 5.47. The highest BCUT2D eigenvalue weighted by Gasteiger charge is 2.23. The van der Waals surface area contributed by atoms with Gasteiger partial charge >= 0.3 is 0 Å². The zero-order valence-corrected chi connectivity index (χ0v) is 13.9. The smallest absolute Gasteiger partial charge is 0.127 e. The van der Waals surface area contributed by atoms with Crippen molar-refractivity contribution in [2.45, 2.75) is 11.2 Å². The summed E-state index contributed by atoms with van der Waals surface area (Å²) in [7, 11) is 0. The number of rotatable bonds is 2. The predicted molar refractivity (Wildman–Crippen MR) is 85.6 cm³/mol. The van der Waals surface area contributed by atoms with Crippen molar-refractivity contribution in [1.82, 2.24) is 0 Å². The van der Waals surface area contributed by atoms with Gasteiger partial charge < -0.3 is 4.74 Å². The number of alkyl halides is 1. The predicted octanol–water partition coefficient (Wildman–Crippen LogP) is 5.52. The molecule has 0 saturated carbocycles. The molecule has 19 heavy (non-hydrogen) atoms. The number of ether oxygens (including phenoxy) is 1. The number of benzene rings is 2. The van der Waals surface area contributed by atoms with Crippen LogP contribution < -0.4 is 4.74 Å². The largest absolute Gasteiger partial charge is 0.493 e. The van der Waals surface area contributed by atoms with Crippen LogP contribution in [0.25, 0.3) is 0 Å². The van der Waals surface area contributed by atoms with Gasteiger partial charge in [-0.25, -0.2) is 0 Å². The van der Waals surface area contributed by atoms with Gasteiger partial charge in [-0.05, 0) is 35.4 Å². The first-order chi connectivity index (χ1) is 9.15. The molecule has 3 rings (SSSR count). The van der Waals surface area contributed by atoms with Crippen LogP contribution in [0, 0.1) is 0 Å². The van der Waals surface area contributed by atoms with E-state index in [-0.39, 0.29) is 4.83 Å². The van der Waals surface area contributed by atoms with Crippen LogP contribution in [0.4, 0.5) is 0 Å². The lowest BCUT2D eigenvalue weighted by Crippen LogP contribution is -1.97. The lowest BCUT2D eigenvalue weighted by Gasteiger charge is -2.15. The van der Waals surface area contributed by atoms with Gasteiger partial charge in [-0.2, -0.15) is 0 Å². The molecular formula is C15H11Br2ClO. The van der Waals surface area contributed by atoms with Crippen LogP contribution in [0.2, 0.25) is 5.02 Å². The van der Waals surface area contributed by atoms with Gasteiger partial charge in [0.05, 0.1) is 11.4 Å². The molecule has 1 aliphatic heterocycles. The maximum atomic E-state index is 6.21. The van der Waals surface area contributed by atoms with Crippen LogP contribution in [-0.2, 0) is 6.42 Å². The molecule has 0 spiro atoms. The summed E-state index contributed by atoms with van der Waals surface area (Å²) in [4.78, 5) is 0.0792. The van der Waals surface area contributed by atoms with Gasteiger partial charge in [0.15, 0.2) is 0 Å². The van der Waals surface area contributed by atoms with Crippen molar-refractivity contribution in [2.75, 3.05) is 6.61 Å². The third kappa shape index (κ3) is 2.69. The standard InChI is InChI=1S/C15H11Br2ClO/c16-11-3-1-2-9(6-11)14(17)13-8-12(18)7-10-4-5-19-15(10)13/h1-3,6-8,14H,4-5H2. The van der Waals surface area contributed by atoms with E-state index in [0.717, 1.165) is 33.8 Å². The molecule has 4 heteroatoms. The second-order valence-corrected chi connectivity index (χ2v) is 6.77. The molecule has 0 aliphatic carbocycles. The van der Waals surface area contributed by atoms with E-state index in [0.29, 0.717) is 0 Å². The number of hydrogen-bond donors (Lipinski definition) is 0. The van der Waals surface area contributed by atoms with Crippen molar-refractivity contribution in [2.24, 2.45) is 0 Å². The van der Waals surface area contributed by atoms with E-state index in [1.807, 2.05) is 24.3 Å². The van der Waals surface area contributed by atoms with Crippen LogP contribution in [0.3, 0.4) is 0 Å². The Labute approximate surface area is 134 Å². The summed E-state index contributed by atoms with van der Waals surface area (Å²) >= 11 is 13.5. The van der Waals surface area contributed by atoms with Crippen molar-refractivity contribution >= 4 is 43.5 Å². The third-order valence-corrected chi connectivity index (χ3v) is 4.92. The van der Waals surface area contributed by atoms with Gasteiger partial charge in [0, 0.05) is 21.5 Å². The summed E-state index contributed by atoms with van der Waals surface area (Å²) < 4.78 is 6.82. The lowest BCUT2D eigenvalue weighted by molar-refractivity contribution is 0.354. The van der Waals surface area contributed by atoms with E-state index in [2.05, 4.69) is 44.0 Å². The fourth-order valence-electron chi connectivity index (χ4n) is 2.33. The SMILES string of the molecule is Clc1cc2c(c(C(Br)c3cccc(Br)c3)c1)OCC2. The van der Waals surface area contributed by atoms with E-state index in [1.165, 1.54) is 11.1 Å². The Morgan fingerprint density at radius 1 is 1.21 bits per heavy atom. The quantitative estimate of drug-likeness (QED) is 0.601. The van der Waals surface area contributed by atoms with Crippen molar-refractivity contribution in [1.29, 1.82) is 0 Å². The van der Waals surface area contributed by atoms with Crippen LogP contribution >= 0.6 is 43.5 Å². The maximum Gasteiger partial charge on any atom is 0.127 e. The lowest BCUT2D eigenvalue weighted by atomic mass is 10.0. The summed E-state index contributed by atoms with van der Waals surface area (Å²) in [6.45, 7) is 0.737. The molecule has 1 nitrogen and oxygen atoms in total. The Morgan fingerprint density at radius 3 is 2.84 bits per heavy atom. The number of halogens is 3. The highest BCUT2D eigenvalue weighted by atomic mass is 79.9. The van der Waals surface area contributed by atoms with Crippen LogP contribution in [0.1, 0.15) is 21.5 Å². The van der Waals surface area contributed by atoms with Crippen LogP contribution in [0.5, 0.6) is 5.75 Å². The normalized spacial score (nSPS) is 14.9. The zero-order valence-electron chi connectivity index (χ0n) is 10.00. The fourth-order valence-corrected chi connectivity index (χ4v) is 3.62. The first-order valence-electron chi connectivity index (χ1n) is 6.00. The van der Waals surface area contributed by atoms with E-state index in [4.69, 9.17) is 16.3 Å². The minimum absolute atomic E-state index is 0.0792. The molecule has 0 saturated heterocycles. The highest BCUT2D eigenvalue weighted by molar-refractivity contribution is 9.10. The van der Waals surface area contributed by atoms with E-state index in [9.17, 15) is 0 Å². The summed E-state index contributed by atoms with van der Waals surface area (Å²) in [6.07, 6.45) is 0.932. The van der Waals surface area contributed by atoms with Gasteiger partial charge in [0.2, 0.25) is 0 Å².